The van der Waals surface area contributed by atoms with Crippen LogP contribution in [0.2, 0.25) is 5.02 Å². The molecule has 236 valence electrons. The Bertz CT molecular complexity index is 1400. The van der Waals surface area contributed by atoms with E-state index in [-0.39, 0.29) is 25.2 Å². The van der Waals surface area contributed by atoms with E-state index in [2.05, 4.69) is 5.32 Å². The first-order chi connectivity index (χ1) is 20.0. The fourth-order valence-corrected chi connectivity index (χ4v) is 4.86. The summed E-state index contributed by atoms with van der Waals surface area (Å²) in [6.45, 7) is 12.6. The van der Waals surface area contributed by atoms with Gasteiger partial charge in [-0.1, -0.05) is 17.7 Å². The van der Waals surface area contributed by atoms with Gasteiger partial charge in [0.1, 0.15) is 17.2 Å². The summed E-state index contributed by atoms with van der Waals surface area (Å²) in [5.41, 5.74) is -0.796. The molecular weight excluding hydrogens is 576 g/mol. The van der Waals surface area contributed by atoms with Crippen molar-refractivity contribution in [3.63, 3.8) is 0 Å². The first-order valence-corrected chi connectivity index (χ1v) is 14.8. The SMILES string of the molecule is CCOC(=O)c1cn(C(CCOC)C(=O)OC(C)(C)C)c(=O)cc1-c1cc(Cl)ccc1CC1(NC(=O)OC(C)(C)C)CC1. The maximum absolute atomic E-state index is 13.6. The molecule has 1 N–H and O–H groups in total. The van der Waals surface area contributed by atoms with Crippen molar-refractivity contribution >= 4 is 29.6 Å². The summed E-state index contributed by atoms with van der Waals surface area (Å²) in [5, 5.41) is 3.39. The van der Waals surface area contributed by atoms with Crippen LogP contribution >= 0.6 is 11.6 Å². The highest BCUT2D eigenvalue weighted by atomic mass is 35.5. The third-order valence-electron chi connectivity index (χ3n) is 6.70. The average Bonchev–Trinajstić information content (AvgIpc) is 3.62. The average molecular weight is 619 g/mol. The Morgan fingerprint density at radius 2 is 1.67 bits per heavy atom. The van der Waals surface area contributed by atoms with Crippen LogP contribution in [-0.2, 0) is 30.2 Å². The smallest absolute Gasteiger partial charge is 0.408 e. The number of nitrogens with zero attached hydrogens (tertiary/aromatic N) is 1. The monoisotopic (exact) mass is 618 g/mol. The minimum atomic E-state index is -1.04. The largest absolute Gasteiger partial charge is 0.462 e. The van der Waals surface area contributed by atoms with Crippen LogP contribution in [0.4, 0.5) is 4.79 Å². The molecule has 1 fully saturated rings. The highest BCUT2D eigenvalue weighted by Crippen LogP contribution is 2.42. The van der Waals surface area contributed by atoms with Gasteiger partial charge in [-0.2, -0.15) is 0 Å². The quantitative estimate of drug-likeness (QED) is 0.245. The summed E-state index contributed by atoms with van der Waals surface area (Å²) < 4.78 is 22.8. The van der Waals surface area contributed by atoms with E-state index in [1.807, 2.05) is 6.07 Å². The second-order valence-corrected chi connectivity index (χ2v) is 13.2. The fourth-order valence-electron chi connectivity index (χ4n) is 4.69. The normalized spacial score (nSPS) is 14.9. The Balaban J connectivity index is 2.12. The van der Waals surface area contributed by atoms with Gasteiger partial charge in [-0.15, -0.1) is 0 Å². The molecule has 1 aliphatic rings. The summed E-state index contributed by atoms with van der Waals surface area (Å²) in [6.07, 6.45) is 2.86. The number of nitrogens with one attached hydrogen (secondary N) is 1. The van der Waals surface area contributed by atoms with Gasteiger partial charge in [0.15, 0.2) is 0 Å². The Labute approximate surface area is 258 Å². The molecule has 43 heavy (non-hydrogen) atoms. The molecule has 0 aliphatic heterocycles. The first kappa shape index (κ1) is 34.1. The topological polar surface area (TPSA) is 122 Å². The number of esters is 2. The van der Waals surface area contributed by atoms with Gasteiger partial charge < -0.3 is 28.8 Å². The number of ether oxygens (including phenoxy) is 4. The van der Waals surface area contributed by atoms with Crippen molar-refractivity contribution in [3.8, 4) is 11.1 Å². The van der Waals surface area contributed by atoms with Gasteiger partial charge in [-0.3, -0.25) is 4.79 Å². The number of alkyl carbamates (subject to hydrolysis) is 1. The minimum Gasteiger partial charge on any atom is -0.462 e. The number of rotatable bonds is 11. The van der Waals surface area contributed by atoms with Gasteiger partial charge in [0.25, 0.3) is 5.56 Å². The van der Waals surface area contributed by atoms with Gasteiger partial charge in [0, 0.05) is 48.5 Å². The van der Waals surface area contributed by atoms with E-state index in [1.54, 1.807) is 60.6 Å². The summed E-state index contributed by atoms with van der Waals surface area (Å²) >= 11 is 6.42. The van der Waals surface area contributed by atoms with Crippen LogP contribution in [0.1, 0.15) is 89.7 Å². The second kappa shape index (κ2) is 13.5. The molecule has 0 radical (unpaired) electrons. The van der Waals surface area contributed by atoms with Crippen LogP contribution in [0.25, 0.3) is 11.1 Å². The number of carbonyl (C=O) groups is 3. The molecule has 0 bridgehead atoms. The van der Waals surface area contributed by atoms with Crippen molar-refractivity contribution in [2.24, 2.45) is 0 Å². The molecule has 10 nitrogen and oxygen atoms in total. The van der Waals surface area contributed by atoms with E-state index in [4.69, 9.17) is 30.5 Å². The zero-order valence-electron chi connectivity index (χ0n) is 26.3. The molecule has 1 unspecified atom stereocenters. The molecule has 0 spiro atoms. The number of halogens is 1. The fraction of sp³-hybridized carbons (Fsp3) is 0.562. The molecule has 3 rings (SSSR count). The van der Waals surface area contributed by atoms with E-state index < -0.39 is 46.4 Å². The van der Waals surface area contributed by atoms with E-state index in [9.17, 15) is 19.2 Å². The number of pyridine rings is 1. The van der Waals surface area contributed by atoms with Crippen LogP contribution in [0.15, 0.2) is 35.3 Å². The molecule has 1 atom stereocenters. The molecule has 1 aromatic carbocycles. The van der Waals surface area contributed by atoms with Crippen molar-refractivity contribution in [2.75, 3.05) is 20.3 Å². The lowest BCUT2D eigenvalue weighted by molar-refractivity contribution is -0.159. The highest BCUT2D eigenvalue weighted by Gasteiger charge is 2.45. The van der Waals surface area contributed by atoms with Gasteiger partial charge in [0.05, 0.1) is 12.2 Å². The molecular formula is C32H43ClN2O8. The lowest BCUT2D eigenvalue weighted by atomic mass is 9.92. The maximum Gasteiger partial charge on any atom is 0.408 e. The summed E-state index contributed by atoms with van der Waals surface area (Å²) in [5.74, 6) is -1.29. The molecule has 1 aliphatic carbocycles. The molecule has 1 aromatic heterocycles. The Hall–Kier alpha value is -3.37. The van der Waals surface area contributed by atoms with Crippen LogP contribution in [0.3, 0.4) is 0 Å². The zero-order valence-corrected chi connectivity index (χ0v) is 27.1. The first-order valence-electron chi connectivity index (χ1n) is 14.4. The van der Waals surface area contributed by atoms with Crippen molar-refractivity contribution in [2.45, 2.75) is 96.9 Å². The number of aromatic nitrogens is 1. The van der Waals surface area contributed by atoms with E-state index in [0.29, 0.717) is 22.6 Å². The molecule has 2 aromatic rings. The number of hydrogen-bond acceptors (Lipinski definition) is 8. The van der Waals surface area contributed by atoms with Crippen molar-refractivity contribution in [1.82, 2.24) is 9.88 Å². The van der Waals surface area contributed by atoms with Crippen LogP contribution < -0.4 is 10.9 Å². The summed E-state index contributed by atoms with van der Waals surface area (Å²) in [7, 11) is 1.49. The number of methoxy groups -OCH3 is 1. The van der Waals surface area contributed by atoms with Crippen molar-refractivity contribution < 1.29 is 33.3 Å². The third kappa shape index (κ3) is 9.56. The predicted molar refractivity (Wildman–Crippen MR) is 164 cm³/mol. The number of hydrogen-bond donors (Lipinski definition) is 1. The number of benzene rings is 1. The van der Waals surface area contributed by atoms with Crippen LogP contribution in [-0.4, -0.2) is 59.7 Å². The third-order valence-corrected chi connectivity index (χ3v) is 6.93. The molecule has 1 heterocycles. The minimum absolute atomic E-state index is 0.0842. The van der Waals surface area contributed by atoms with E-state index >= 15 is 0 Å². The Morgan fingerprint density at radius 1 is 1.02 bits per heavy atom. The number of amides is 1. The molecule has 1 amide bonds. The number of carbonyl (C=O) groups excluding carboxylic acids is 3. The standard InChI is InChI=1S/C32H43ClN2O8/c1-9-41-27(37)24-19-35(25(12-15-40-8)28(38)42-30(2,3)4)26(36)17-23(24)22-16-21(33)11-10-20(22)18-32(13-14-32)34-29(39)43-31(5,6)7/h10-11,16-17,19,25H,9,12-15,18H2,1-8H3,(H,34,39). The van der Waals surface area contributed by atoms with Crippen molar-refractivity contribution in [1.29, 1.82) is 0 Å². The predicted octanol–water partition coefficient (Wildman–Crippen LogP) is 5.86. The van der Waals surface area contributed by atoms with Crippen LogP contribution in [0, 0.1) is 0 Å². The Kier molecular flexibility index (Phi) is 10.7. The lowest BCUT2D eigenvalue weighted by Gasteiger charge is -2.26. The van der Waals surface area contributed by atoms with Gasteiger partial charge in [0.2, 0.25) is 0 Å². The highest BCUT2D eigenvalue weighted by molar-refractivity contribution is 6.31. The second-order valence-electron chi connectivity index (χ2n) is 12.8. The van der Waals surface area contributed by atoms with Gasteiger partial charge >= 0.3 is 18.0 Å². The van der Waals surface area contributed by atoms with Crippen LogP contribution in [0.5, 0.6) is 0 Å². The lowest BCUT2D eigenvalue weighted by Crippen LogP contribution is -2.42. The van der Waals surface area contributed by atoms with Crippen molar-refractivity contribution in [3.05, 3.63) is 57.0 Å². The van der Waals surface area contributed by atoms with E-state index in [0.717, 1.165) is 18.4 Å². The molecule has 1 saturated carbocycles. The summed E-state index contributed by atoms with van der Waals surface area (Å²) in [6, 6.07) is 5.49. The molecule has 11 heteroatoms. The van der Waals surface area contributed by atoms with E-state index in [1.165, 1.54) is 23.9 Å². The maximum atomic E-state index is 13.6. The molecule has 0 saturated heterocycles. The Morgan fingerprint density at radius 3 is 2.23 bits per heavy atom. The van der Waals surface area contributed by atoms with Gasteiger partial charge in [-0.05, 0) is 91.0 Å². The zero-order chi connectivity index (χ0) is 32.2. The summed E-state index contributed by atoms with van der Waals surface area (Å²) in [4.78, 5) is 52.8. The van der Waals surface area contributed by atoms with Gasteiger partial charge in [-0.25, -0.2) is 14.4 Å².